The first-order chi connectivity index (χ1) is 8.42. The minimum atomic E-state index is 0.674. The molecule has 1 N–H and O–H groups in total. The largest absolute Gasteiger partial charge is 0.444 e. The molecule has 0 saturated heterocycles. The number of nitrogens with zero attached hydrogens (tertiary/aromatic N) is 3. The molecule has 17 heavy (non-hydrogen) atoms. The molecule has 0 unspecified atom stereocenters. The molecule has 7 heteroatoms. The zero-order chi connectivity index (χ0) is 11.5. The standard InChI is InChI=1S/C10H8N4OS2/c1-2-8(16-3-1)9-13-7(4-15-9)5-17-10-11-6-12-14-10/h1-4,6H,5H2,(H,11,12,14). The van der Waals surface area contributed by atoms with E-state index in [1.54, 1.807) is 29.4 Å². The van der Waals surface area contributed by atoms with Gasteiger partial charge in [0.2, 0.25) is 5.89 Å². The Morgan fingerprint density at radius 3 is 3.24 bits per heavy atom. The van der Waals surface area contributed by atoms with Crippen LogP contribution in [0.4, 0.5) is 0 Å². The van der Waals surface area contributed by atoms with Crippen LogP contribution in [0.25, 0.3) is 10.8 Å². The molecule has 0 amide bonds. The molecule has 0 spiro atoms. The number of thiophene rings is 1. The van der Waals surface area contributed by atoms with Crippen LogP contribution in [0.15, 0.2) is 39.7 Å². The van der Waals surface area contributed by atoms with Crippen LogP contribution in [0.1, 0.15) is 5.69 Å². The Kier molecular flexibility index (Phi) is 2.93. The van der Waals surface area contributed by atoms with Gasteiger partial charge < -0.3 is 4.42 Å². The number of nitrogens with one attached hydrogen (secondary N) is 1. The van der Waals surface area contributed by atoms with E-state index in [1.807, 2.05) is 17.5 Å². The second-order valence-corrected chi connectivity index (χ2v) is 5.11. The van der Waals surface area contributed by atoms with Gasteiger partial charge in [-0.25, -0.2) is 9.97 Å². The first kappa shape index (κ1) is 10.5. The summed E-state index contributed by atoms with van der Waals surface area (Å²) in [6.07, 6.45) is 3.17. The van der Waals surface area contributed by atoms with Crippen molar-refractivity contribution in [2.24, 2.45) is 0 Å². The van der Waals surface area contributed by atoms with Gasteiger partial charge in [0.25, 0.3) is 0 Å². The van der Waals surface area contributed by atoms with Gasteiger partial charge in [-0.3, -0.25) is 5.10 Å². The number of hydrogen-bond donors (Lipinski definition) is 1. The summed E-state index contributed by atoms with van der Waals surface area (Å²) in [5.41, 5.74) is 0.898. The van der Waals surface area contributed by atoms with Crippen LogP contribution in [-0.4, -0.2) is 20.2 Å². The van der Waals surface area contributed by atoms with E-state index < -0.39 is 0 Å². The van der Waals surface area contributed by atoms with E-state index in [0.717, 1.165) is 15.7 Å². The minimum Gasteiger partial charge on any atom is -0.444 e. The summed E-state index contributed by atoms with van der Waals surface area (Å²) in [4.78, 5) is 9.48. The number of oxazole rings is 1. The van der Waals surface area contributed by atoms with Gasteiger partial charge in [-0.15, -0.1) is 11.3 Å². The van der Waals surface area contributed by atoms with Crippen molar-refractivity contribution in [3.05, 3.63) is 35.8 Å². The number of H-pyrrole nitrogens is 1. The molecule has 3 heterocycles. The van der Waals surface area contributed by atoms with E-state index in [9.17, 15) is 0 Å². The first-order valence-corrected chi connectivity index (χ1v) is 6.75. The maximum absolute atomic E-state index is 5.42. The van der Waals surface area contributed by atoms with Crippen molar-refractivity contribution in [1.29, 1.82) is 0 Å². The monoisotopic (exact) mass is 264 g/mol. The molecule has 3 aromatic rings. The number of aromatic amines is 1. The van der Waals surface area contributed by atoms with Crippen LogP contribution in [0.5, 0.6) is 0 Å². The molecule has 86 valence electrons. The Balaban J connectivity index is 1.69. The molecule has 0 aliphatic rings. The van der Waals surface area contributed by atoms with E-state index in [4.69, 9.17) is 4.42 Å². The average molecular weight is 264 g/mol. The minimum absolute atomic E-state index is 0.674. The summed E-state index contributed by atoms with van der Waals surface area (Å²) in [5.74, 6) is 1.39. The Morgan fingerprint density at radius 2 is 2.47 bits per heavy atom. The number of aromatic nitrogens is 4. The number of thioether (sulfide) groups is 1. The van der Waals surface area contributed by atoms with E-state index in [1.165, 1.54) is 6.33 Å². The Labute approximate surface area is 105 Å². The molecule has 0 saturated carbocycles. The van der Waals surface area contributed by atoms with E-state index >= 15 is 0 Å². The lowest BCUT2D eigenvalue weighted by Crippen LogP contribution is -1.82. The molecule has 0 aliphatic heterocycles. The summed E-state index contributed by atoms with van der Waals surface area (Å²) < 4.78 is 5.42. The van der Waals surface area contributed by atoms with Crippen molar-refractivity contribution in [1.82, 2.24) is 20.2 Å². The van der Waals surface area contributed by atoms with Gasteiger partial charge in [-0.05, 0) is 11.4 Å². The molecule has 3 aromatic heterocycles. The van der Waals surface area contributed by atoms with Gasteiger partial charge in [0.15, 0.2) is 5.16 Å². The van der Waals surface area contributed by atoms with E-state index in [2.05, 4.69) is 20.2 Å². The fourth-order valence-corrected chi connectivity index (χ4v) is 2.60. The van der Waals surface area contributed by atoms with Crippen molar-refractivity contribution < 1.29 is 4.42 Å². The fraction of sp³-hybridized carbons (Fsp3) is 0.100. The normalized spacial score (nSPS) is 10.8. The summed E-state index contributed by atoms with van der Waals surface area (Å²) in [6.45, 7) is 0. The molecule has 0 radical (unpaired) electrons. The second kappa shape index (κ2) is 4.72. The molecule has 0 bridgehead atoms. The van der Waals surface area contributed by atoms with Gasteiger partial charge in [-0.1, -0.05) is 17.8 Å². The SMILES string of the molecule is c1csc(-c2nc(CSc3ncn[nH]3)co2)c1. The summed E-state index contributed by atoms with van der Waals surface area (Å²) in [5, 5.41) is 9.35. The second-order valence-electron chi connectivity index (χ2n) is 3.20. The van der Waals surface area contributed by atoms with Crippen LogP contribution in [0, 0.1) is 0 Å². The molecule has 0 atom stereocenters. The van der Waals surface area contributed by atoms with Crippen LogP contribution in [-0.2, 0) is 5.75 Å². The molecule has 0 fully saturated rings. The predicted molar refractivity (Wildman–Crippen MR) is 65.8 cm³/mol. The fourth-order valence-electron chi connectivity index (χ4n) is 1.29. The van der Waals surface area contributed by atoms with Crippen LogP contribution < -0.4 is 0 Å². The van der Waals surface area contributed by atoms with Crippen molar-refractivity contribution >= 4 is 23.1 Å². The van der Waals surface area contributed by atoms with Gasteiger partial charge in [0.05, 0.1) is 10.6 Å². The Morgan fingerprint density at radius 1 is 1.47 bits per heavy atom. The van der Waals surface area contributed by atoms with Gasteiger partial charge >= 0.3 is 0 Å². The third-order valence-electron chi connectivity index (χ3n) is 2.03. The van der Waals surface area contributed by atoms with Crippen molar-refractivity contribution in [2.45, 2.75) is 10.9 Å². The van der Waals surface area contributed by atoms with Crippen LogP contribution in [0.3, 0.4) is 0 Å². The average Bonchev–Trinajstić information content (AvgIpc) is 3.09. The van der Waals surface area contributed by atoms with Crippen molar-refractivity contribution in [3.63, 3.8) is 0 Å². The Bertz CT molecular complexity index is 573. The molecular weight excluding hydrogens is 256 g/mol. The first-order valence-electron chi connectivity index (χ1n) is 4.88. The lowest BCUT2D eigenvalue weighted by molar-refractivity contribution is 0.575. The maximum Gasteiger partial charge on any atom is 0.236 e. The highest BCUT2D eigenvalue weighted by Gasteiger charge is 2.08. The third-order valence-corrected chi connectivity index (χ3v) is 3.80. The zero-order valence-corrected chi connectivity index (χ0v) is 10.3. The van der Waals surface area contributed by atoms with Crippen molar-refractivity contribution in [3.8, 4) is 10.8 Å². The summed E-state index contributed by atoms with van der Waals surface area (Å²) in [6, 6.07) is 3.97. The van der Waals surface area contributed by atoms with Gasteiger partial charge in [-0.2, -0.15) is 5.10 Å². The lowest BCUT2D eigenvalue weighted by atomic mass is 10.5. The maximum atomic E-state index is 5.42. The quantitative estimate of drug-likeness (QED) is 0.734. The molecular formula is C10H8N4OS2. The topological polar surface area (TPSA) is 67.6 Å². The van der Waals surface area contributed by atoms with E-state index in [0.29, 0.717) is 11.6 Å². The van der Waals surface area contributed by atoms with Crippen LogP contribution >= 0.6 is 23.1 Å². The van der Waals surface area contributed by atoms with E-state index in [-0.39, 0.29) is 0 Å². The molecule has 0 aliphatic carbocycles. The predicted octanol–water partition coefficient (Wildman–Crippen LogP) is 2.81. The molecule has 0 aromatic carbocycles. The number of hydrogen-bond acceptors (Lipinski definition) is 6. The highest BCUT2D eigenvalue weighted by Crippen LogP contribution is 2.25. The summed E-state index contributed by atoms with van der Waals surface area (Å²) >= 11 is 3.16. The van der Waals surface area contributed by atoms with Crippen LogP contribution in [0.2, 0.25) is 0 Å². The number of rotatable bonds is 4. The molecule has 3 rings (SSSR count). The highest BCUT2D eigenvalue weighted by atomic mass is 32.2. The third kappa shape index (κ3) is 2.40. The zero-order valence-electron chi connectivity index (χ0n) is 8.66. The van der Waals surface area contributed by atoms with Crippen molar-refractivity contribution in [2.75, 3.05) is 0 Å². The van der Waals surface area contributed by atoms with Gasteiger partial charge in [0.1, 0.15) is 12.6 Å². The Hall–Kier alpha value is -1.60. The highest BCUT2D eigenvalue weighted by molar-refractivity contribution is 7.98. The molecule has 5 nitrogen and oxygen atoms in total. The smallest absolute Gasteiger partial charge is 0.236 e. The lowest BCUT2D eigenvalue weighted by Gasteiger charge is -1.91. The van der Waals surface area contributed by atoms with Gasteiger partial charge in [0, 0.05) is 5.75 Å². The summed E-state index contributed by atoms with van der Waals surface area (Å²) in [7, 11) is 0.